The number of ether oxygens (including phenoxy) is 4. The van der Waals surface area contributed by atoms with Crippen molar-refractivity contribution in [3.05, 3.63) is 43.0 Å². The van der Waals surface area contributed by atoms with Gasteiger partial charge in [0, 0.05) is 6.08 Å². The molecule has 0 aliphatic heterocycles. The largest absolute Gasteiger partial charge is 0.493 e. The Bertz CT molecular complexity index is 480. The monoisotopic (exact) mass is 277 g/mol. The maximum Gasteiger partial charge on any atom is 0.331 e. The Morgan fingerprint density at radius 3 is 2.15 bits per heavy atom. The fourth-order valence-electron chi connectivity index (χ4n) is 1.52. The van der Waals surface area contributed by atoms with Crippen molar-refractivity contribution >= 4 is 12.0 Å². The van der Waals surface area contributed by atoms with Crippen molar-refractivity contribution in [2.24, 2.45) is 0 Å². The van der Waals surface area contributed by atoms with Crippen molar-refractivity contribution in [1.82, 2.24) is 0 Å². The number of methoxy groups -OCH3 is 3. The van der Waals surface area contributed by atoms with Crippen molar-refractivity contribution in [3.8, 4) is 17.2 Å². The van der Waals surface area contributed by atoms with E-state index in [9.17, 15) is 4.79 Å². The van der Waals surface area contributed by atoms with E-state index < -0.39 is 5.97 Å². The van der Waals surface area contributed by atoms with Crippen LogP contribution in [0.4, 0.5) is 0 Å². The fraction of sp³-hybridized carbons (Fsp3) is 0.200. The van der Waals surface area contributed by atoms with E-state index in [1.54, 1.807) is 18.2 Å². The van der Waals surface area contributed by atoms with Crippen LogP contribution in [0.15, 0.2) is 30.9 Å². The first kappa shape index (κ1) is 15.6. The van der Waals surface area contributed by atoms with Crippen LogP contribution in [0.25, 0.3) is 6.08 Å². The Morgan fingerprint density at radius 1 is 1.10 bits per heavy atom. The lowest BCUT2D eigenvalue weighted by Gasteiger charge is -2.12. The van der Waals surface area contributed by atoms with Gasteiger partial charge >= 0.3 is 5.97 Å². The lowest BCUT2D eigenvalue weighted by atomic mass is 10.1. The highest BCUT2D eigenvalue weighted by Crippen LogP contribution is 2.38. The second-order valence-corrected chi connectivity index (χ2v) is 3.60. The van der Waals surface area contributed by atoms with Gasteiger partial charge in [0.1, 0.15) is 0 Å². The van der Waals surface area contributed by atoms with Crippen LogP contribution in [-0.2, 0) is 9.53 Å². The Morgan fingerprint density at radius 2 is 1.70 bits per heavy atom. The Hall–Kier alpha value is -2.43. The van der Waals surface area contributed by atoms with Gasteiger partial charge in [-0.3, -0.25) is 0 Å². The zero-order valence-corrected chi connectivity index (χ0v) is 11.7. The average molecular weight is 277 g/mol. The van der Waals surface area contributed by atoms with E-state index in [0.717, 1.165) is 5.56 Å². The van der Waals surface area contributed by atoms with Crippen molar-refractivity contribution < 1.29 is 23.7 Å². The van der Waals surface area contributed by atoms with Crippen LogP contribution in [0.1, 0.15) is 5.56 Å². The minimum absolute atomic E-state index is 0.495. The molecule has 0 aliphatic carbocycles. The van der Waals surface area contributed by atoms with Crippen LogP contribution < -0.4 is 14.2 Å². The van der Waals surface area contributed by atoms with E-state index in [2.05, 4.69) is 6.58 Å². The summed E-state index contributed by atoms with van der Waals surface area (Å²) in [7, 11) is 4.58. The molecule has 1 radical (unpaired) electrons. The van der Waals surface area contributed by atoms with Gasteiger partial charge in [-0.05, 0) is 29.8 Å². The van der Waals surface area contributed by atoms with E-state index >= 15 is 0 Å². The summed E-state index contributed by atoms with van der Waals surface area (Å²) >= 11 is 0. The first-order chi connectivity index (χ1) is 9.65. The van der Waals surface area contributed by atoms with Crippen molar-refractivity contribution in [3.63, 3.8) is 0 Å². The maximum absolute atomic E-state index is 11.3. The Kier molecular flexibility index (Phi) is 6.16. The highest BCUT2D eigenvalue weighted by atomic mass is 16.5. The zero-order valence-electron chi connectivity index (χ0n) is 11.7. The van der Waals surface area contributed by atoms with Crippen LogP contribution in [-0.4, -0.2) is 27.3 Å². The molecular weight excluding hydrogens is 260 g/mol. The molecular formula is C15H17O5. The molecule has 0 saturated heterocycles. The molecule has 0 saturated carbocycles. The predicted molar refractivity (Wildman–Crippen MR) is 75.7 cm³/mol. The molecule has 0 fully saturated rings. The van der Waals surface area contributed by atoms with Gasteiger partial charge in [-0.25, -0.2) is 4.79 Å². The number of hydrogen-bond acceptors (Lipinski definition) is 5. The smallest absolute Gasteiger partial charge is 0.331 e. The normalized spacial score (nSPS) is 10.2. The molecule has 20 heavy (non-hydrogen) atoms. The van der Waals surface area contributed by atoms with E-state index in [0.29, 0.717) is 17.2 Å². The molecule has 1 aromatic carbocycles. The summed E-state index contributed by atoms with van der Waals surface area (Å²) in [6.07, 6.45) is 4.26. The first-order valence-corrected chi connectivity index (χ1v) is 5.79. The molecule has 0 heterocycles. The molecule has 0 unspecified atom stereocenters. The minimum atomic E-state index is -0.501. The third-order valence-corrected chi connectivity index (χ3v) is 2.38. The van der Waals surface area contributed by atoms with E-state index in [-0.39, 0.29) is 0 Å². The lowest BCUT2D eigenvalue weighted by molar-refractivity contribution is -0.133. The first-order valence-electron chi connectivity index (χ1n) is 5.79. The number of carbonyl (C=O) groups excluding carboxylic acids is 1. The zero-order chi connectivity index (χ0) is 15.0. The molecule has 5 heteroatoms. The summed E-state index contributed by atoms with van der Waals surface area (Å²) < 4.78 is 20.4. The number of rotatable bonds is 7. The van der Waals surface area contributed by atoms with Crippen LogP contribution in [0.3, 0.4) is 0 Å². The van der Waals surface area contributed by atoms with Gasteiger partial charge in [-0.15, -0.1) is 0 Å². The Balaban J connectivity index is 2.98. The van der Waals surface area contributed by atoms with Gasteiger partial charge in [0.2, 0.25) is 5.75 Å². The van der Waals surface area contributed by atoms with E-state index in [1.807, 2.05) is 0 Å². The number of benzene rings is 1. The minimum Gasteiger partial charge on any atom is -0.493 e. The van der Waals surface area contributed by atoms with Gasteiger partial charge in [-0.1, -0.05) is 6.58 Å². The SMILES string of the molecule is C=C[CH]OC(=O)/C=C/c1cc(OC)c(OC)c(OC)c1. The van der Waals surface area contributed by atoms with Crippen molar-refractivity contribution in [1.29, 1.82) is 0 Å². The fourth-order valence-corrected chi connectivity index (χ4v) is 1.52. The van der Waals surface area contributed by atoms with Gasteiger partial charge in [-0.2, -0.15) is 0 Å². The second-order valence-electron chi connectivity index (χ2n) is 3.60. The molecule has 1 aromatic rings. The third kappa shape index (κ3) is 4.05. The van der Waals surface area contributed by atoms with Crippen LogP contribution >= 0.6 is 0 Å². The molecule has 0 atom stereocenters. The maximum atomic E-state index is 11.3. The average Bonchev–Trinajstić information content (AvgIpc) is 2.49. The molecule has 107 valence electrons. The standard InChI is InChI=1S/C15H17O5/c1-5-8-20-14(16)7-6-11-9-12(17-2)15(19-4)13(10-11)18-3/h5-10H,1H2,2-4H3/b7-6+. The quantitative estimate of drug-likeness (QED) is 0.566. The molecule has 0 bridgehead atoms. The van der Waals surface area contributed by atoms with Gasteiger partial charge in [0.25, 0.3) is 0 Å². The predicted octanol–water partition coefficient (Wildman–Crippen LogP) is 2.62. The highest BCUT2D eigenvalue weighted by molar-refractivity contribution is 5.87. The number of hydrogen-bond donors (Lipinski definition) is 0. The highest BCUT2D eigenvalue weighted by Gasteiger charge is 2.12. The van der Waals surface area contributed by atoms with Gasteiger partial charge in [0.05, 0.1) is 21.3 Å². The Labute approximate surface area is 118 Å². The third-order valence-electron chi connectivity index (χ3n) is 2.38. The van der Waals surface area contributed by atoms with Gasteiger partial charge < -0.3 is 18.9 Å². The molecule has 0 spiro atoms. The molecule has 0 amide bonds. The second kappa shape index (κ2) is 7.89. The summed E-state index contributed by atoms with van der Waals surface area (Å²) in [6.45, 7) is 4.62. The van der Waals surface area contributed by atoms with E-state index in [1.165, 1.54) is 40.1 Å². The van der Waals surface area contributed by atoms with Crippen molar-refractivity contribution in [2.75, 3.05) is 21.3 Å². The van der Waals surface area contributed by atoms with Crippen LogP contribution in [0.2, 0.25) is 0 Å². The molecule has 1 rings (SSSR count). The molecule has 0 N–H and O–H groups in total. The topological polar surface area (TPSA) is 54.0 Å². The van der Waals surface area contributed by atoms with Gasteiger partial charge in [0.15, 0.2) is 18.1 Å². The summed E-state index contributed by atoms with van der Waals surface area (Å²) in [6, 6.07) is 3.45. The van der Waals surface area contributed by atoms with Crippen molar-refractivity contribution in [2.45, 2.75) is 0 Å². The number of carbonyl (C=O) groups is 1. The molecule has 5 nitrogen and oxygen atoms in total. The van der Waals surface area contributed by atoms with Crippen LogP contribution in [0.5, 0.6) is 17.2 Å². The molecule has 0 aromatic heterocycles. The summed E-state index contributed by atoms with van der Waals surface area (Å²) in [5, 5.41) is 0. The van der Waals surface area contributed by atoms with Crippen LogP contribution in [0, 0.1) is 6.61 Å². The van der Waals surface area contributed by atoms with E-state index in [4.69, 9.17) is 18.9 Å². The lowest BCUT2D eigenvalue weighted by Crippen LogP contribution is -1.97. The summed E-state index contributed by atoms with van der Waals surface area (Å²) in [5.74, 6) is 1.02. The summed E-state index contributed by atoms with van der Waals surface area (Å²) in [5.41, 5.74) is 0.718. The summed E-state index contributed by atoms with van der Waals surface area (Å²) in [4.78, 5) is 11.3. The molecule has 0 aliphatic rings. The number of esters is 1.